The predicted octanol–water partition coefficient (Wildman–Crippen LogP) is 1.70. The average molecular weight is 321 g/mol. The van der Waals surface area contributed by atoms with Crippen LogP contribution in [-0.2, 0) is 20.7 Å². The highest BCUT2D eigenvalue weighted by molar-refractivity contribution is 5.87. The molecule has 6 heteroatoms. The SMILES string of the molecule is COc1ccc(CCNC(=O)[C@@H]2CC(=O)OC2(C)C)cc1OC. The molecule has 0 saturated carbocycles. The molecule has 23 heavy (non-hydrogen) atoms. The third-order valence-corrected chi connectivity index (χ3v) is 4.06. The van der Waals surface area contributed by atoms with Crippen molar-refractivity contribution >= 4 is 11.9 Å². The van der Waals surface area contributed by atoms with Crippen molar-refractivity contribution in [2.45, 2.75) is 32.3 Å². The summed E-state index contributed by atoms with van der Waals surface area (Å²) in [7, 11) is 3.17. The molecular weight excluding hydrogens is 298 g/mol. The molecule has 1 atom stereocenters. The summed E-state index contributed by atoms with van der Waals surface area (Å²) in [5.41, 5.74) is 0.283. The van der Waals surface area contributed by atoms with Gasteiger partial charge in [-0.25, -0.2) is 0 Å². The van der Waals surface area contributed by atoms with Gasteiger partial charge in [-0.1, -0.05) is 6.07 Å². The van der Waals surface area contributed by atoms with Crippen LogP contribution in [0.5, 0.6) is 11.5 Å². The molecule has 1 heterocycles. The predicted molar refractivity (Wildman–Crippen MR) is 84.5 cm³/mol. The summed E-state index contributed by atoms with van der Waals surface area (Å²) < 4.78 is 15.6. The average Bonchev–Trinajstić information content (AvgIpc) is 2.79. The first kappa shape index (κ1) is 17.1. The Labute approximate surface area is 136 Å². The van der Waals surface area contributed by atoms with Gasteiger partial charge in [0.1, 0.15) is 5.60 Å². The molecule has 0 aliphatic carbocycles. The summed E-state index contributed by atoms with van der Waals surface area (Å²) in [6.45, 7) is 4.00. The highest BCUT2D eigenvalue weighted by Gasteiger charge is 2.45. The second kappa shape index (κ2) is 6.89. The molecule has 1 aliphatic rings. The minimum absolute atomic E-state index is 0.134. The smallest absolute Gasteiger partial charge is 0.307 e. The molecule has 2 rings (SSSR count). The quantitative estimate of drug-likeness (QED) is 0.807. The molecule has 1 aliphatic heterocycles. The molecule has 0 radical (unpaired) electrons. The fourth-order valence-corrected chi connectivity index (χ4v) is 2.72. The van der Waals surface area contributed by atoms with Gasteiger partial charge in [-0.05, 0) is 38.0 Å². The van der Waals surface area contributed by atoms with E-state index in [1.54, 1.807) is 28.1 Å². The molecule has 0 bridgehead atoms. The van der Waals surface area contributed by atoms with Gasteiger partial charge < -0.3 is 19.5 Å². The molecule has 0 unspecified atom stereocenters. The van der Waals surface area contributed by atoms with E-state index >= 15 is 0 Å². The van der Waals surface area contributed by atoms with E-state index in [4.69, 9.17) is 14.2 Å². The Kier molecular flexibility index (Phi) is 5.13. The van der Waals surface area contributed by atoms with Crippen LogP contribution in [0.1, 0.15) is 25.8 Å². The van der Waals surface area contributed by atoms with E-state index in [1.165, 1.54) is 0 Å². The zero-order valence-corrected chi connectivity index (χ0v) is 14.0. The van der Waals surface area contributed by atoms with Gasteiger partial charge in [0.25, 0.3) is 0 Å². The number of hydrogen-bond acceptors (Lipinski definition) is 5. The third kappa shape index (κ3) is 3.94. The van der Waals surface area contributed by atoms with Crippen molar-refractivity contribution in [3.63, 3.8) is 0 Å². The lowest BCUT2D eigenvalue weighted by molar-refractivity contribution is -0.147. The lowest BCUT2D eigenvalue weighted by atomic mass is 9.90. The van der Waals surface area contributed by atoms with Crippen molar-refractivity contribution in [2.75, 3.05) is 20.8 Å². The van der Waals surface area contributed by atoms with Crippen molar-refractivity contribution in [2.24, 2.45) is 5.92 Å². The van der Waals surface area contributed by atoms with Gasteiger partial charge in [0.15, 0.2) is 11.5 Å². The van der Waals surface area contributed by atoms with E-state index in [0.717, 1.165) is 5.56 Å². The number of ether oxygens (including phenoxy) is 3. The Hall–Kier alpha value is -2.24. The lowest BCUT2D eigenvalue weighted by Gasteiger charge is -2.23. The van der Waals surface area contributed by atoms with E-state index in [9.17, 15) is 9.59 Å². The Morgan fingerprint density at radius 2 is 2.00 bits per heavy atom. The van der Waals surface area contributed by atoms with Crippen molar-refractivity contribution in [3.8, 4) is 11.5 Å². The Balaban J connectivity index is 1.90. The molecule has 6 nitrogen and oxygen atoms in total. The molecule has 0 aromatic heterocycles. The van der Waals surface area contributed by atoms with Crippen LogP contribution in [0.2, 0.25) is 0 Å². The minimum atomic E-state index is -0.746. The second-order valence-corrected chi connectivity index (χ2v) is 6.06. The summed E-state index contributed by atoms with van der Waals surface area (Å²) in [4.78, 5) is 23.6. The van der Waals surface area contributed by atoms with Crippen molar-refractivity contribution < 1.29 is 23.8 Å². The molecule has 1 saturated heterocycles. The maximum absolute atomic E-state index is 12.2. The zero-order valence-electron chi connectivity index (χ0n) is 14.0. The molecule has 0 spiro atoms. The van der Waals surface area contributed by atoms with E-state index in [1.807, 2.05) is 18.2 Å². The minimum Gasteiger partial charge on any atom is -0.493 e. The molecule has 1 aromatic carbocycles. The summed E-state index contributed by atoms with van der Waals surface area (Å²) in [6, 6.07) is 5.65. The first-order chi connectivity index (χ1) is 10.9. The van der Waals surface area contributed by atoms with Crippen LogP contribution in [0.25, 0.3) is 0 Å². The fourth-order valence-electron chi connectivity index (χ4n) is 2.72. The number of carbonyl (C=O) groups is 2. The number of nitrogens with one attached hydrogen (secondary N) is 1. The maximum Gasteiger partial charge on any atom is 0.307 e. The molecular formula is C17H23NO5. The van der Waals surface area contributed by atoms with Crippen LogP contribution in [0.15, 0.2) is 18.2 Å². The van der Waals surface area contributed by atoms with Crippen LogP contribution >= 0.6 is 0 Å². The standard InChI is InChI=1S/C17H23NO5/c1-17(2)12(10-15(19)23-17)16(20)18-8-7-11-5-6-13(21-3)14(9-11)22-4/h5-6,9,12H,7-8,10H2,1-4H3,(H,18,20)/t12-/m0/s1. The zero-order chi connectivity index (χ0) is 17.0. The molecule has 1 N–H and O–H groups in total. The summed E-state index contributed by atoms with van der Waals surface area (Å²) in [6.07, 6.45) is 0.795. The van der Waals surface area contributed by atoms with Crippen LogP contribution in [-0.4, -0.2) is 38.2 Å². The number of esters is 1. The Morgan fingerprint density at radius 1 is 1.30 bits per heavy atom. The number of carbonyl (C=O) groups excluding carboxylic acids is 2. The highest BCUT2D eigenvalue weighted by atomic mass is 16.6. The number of hydrogen-bond donors (Lipinski definition) is 1. The van der Waals surface area contributed by atoms with Gasteiger partial charge in [0, 0.05) is 6.54 Å². The van der Waals surface area contributed by atoms with Crippen LogP contribution in [0.3, 0.4) is 0 Å². The summed E-state index contributed by atoms with van der Waals surface area (Å²) in [5.74, 6) is 0.410. The van der Waals surface area contributed by atoms with Gasteiger partial charge in [-0.3, -0.25) is 9.59 Å². The largest absolute Gasteiger partial charge is 0.493 e. The first-order valence-corrected chi connectivity index (χ1v) is 7.58. The summed E-state index contributed by atoms with van der Waals surface area (Å²) in [5, 5.41) is 2.87. The number of rotatable bonds is 6. The van der Waals surface area contributed by atoms with E-state index in [2.05, 4.69) is 5.32 Å². The van der Waals surface area contributed by atoms with Crippen LogP contribution in [0, 0.1) is 5.92 Å². The lowest BCUT2D eigenvalue weighted by Crippen LogP contribution is -2.41. The number of methoxy groups -OCH3 is 2. The van der Waals surface area contributed by atoms with E-state index < -0.39 is 11.5 Å². The second-order valence-electron chi connectivity index (χ2n) is 6.06. The van der Waals surface area contributed by atoms with Gasteiger partial charge >= 0.3 is 5.97 Å². The molecule has 1 fully saturated rings. The topological polar surface area (TPSA) is 73.9 Å². The van der Waals surface area contributed by atoms with Gasteiger partial charge in [0.2, 0.25) is 5.91 Å². The van der Waals surface area contributed by atoms with Gasteiger partial charge in [-0.15, -0.1) is 0 Å². The van der Waals surface area contributed by atoms with E-state index in [0.29, 0.717) is 24.5 Å². The first-order valence-electron chi connectivity index (χ1n) is 7.58. The van der Waals surface area contributed by atoms with Crippen molar-refractivity contribution in [1.29, 1.82) is 0 Å². The van der Waals surface area contributed by atoms with Gasteiger partial charge in [-0.2, -0.15) is 0 Å². The van der Waals surface area contributed by atoms with Crippen LogP contribution < -0.4 is 14.8 Å². The Morgan fingerprint density at radius 3 is 2.57 bits per heavy atom. The van der Waals surface area contributed by atoms with E-state index in [-0.39, 0.29) is 18.3 Å². The fraction of sp³-hybridized carbons (Fsp3) is 0.529. The molecule has 1 aromatic rings. The maximum atomic E-state index is 12.2. The summed E-state index contributed by atoms with van der Waals surface area (Å²) >= 11 is 0. The highest BCUT2D eigenvalue weighted by Crippen LogP contribution is 2.32. The number of cyclic esters (lactones) is 1. The van der Waals surface area contributed by atoms with Crippen molar-refractivity contribution in [3.05, 3.63) is 23.8 Å². The Bertz CT molecular complexity index is 597. The van der Waals surface area contributed by atoms with Crippen molar-refractivity contribution in [1.82, 2.24) is 5.32 Å². The number of benzene rings is 1. The number of amides is 1. The third-order valence-electron chi connectivity index (χ3n) is 4.06. The van der Waals surface area contributed by atoms with Gasteiger partial charge in [0.05, 0.1) is 26.6 Å². The monoisotopic (exact) mass is 321 g/mol. The molecule has 1 amide bonds. The molecule has 126 valence electrons. The normalized spacial score (nSPS) is 19.1. The van der Waals surface area contributed by atoms with Crippen LogP contribution in [0.4, 0.5) is 0 Å².